The molecule has 0 radical (unpaired) electrons. The van der Waals surface area contributed by atoms with Crippen LogP contribution >= 0.6 is 0 Å². The molecule has 304 valence electrons. The second-order valence-electron chi connectivity index (χ2n) is 17.0. The number of hydrogen-bond donors (Lipinski definition) is 0. The van der Waals surface area contributed by atoms with Crippen LogP contribution in [0.4, 0.5) is 0 Å². The van der Waals surface area contributed by atoms with E-state index in [9.17, 15) is 0 Å². The minimum Gasteiger partial charge on any atom is -0.456 e. The van der Waals surface area contributed by atoms with Gasteiger partial charge in [0.05, 0.1) is 34.3 Å². The van der Waals surface area contributed by atoms with Crippen LogP contribution in [0.1, 0.15) is 5.56 Å². The van der Waals surface area contributed by atoms with Crippen molar-refractivity contribution >= 4 is 87.1 Å². The van der Waals surface area contributed by atoms with Crippen molar-refractivity contribution in [2.24, 2.45) is 0 Å². The fourth-order valence-corrected chi connectivity index (χ4v) is 10.4. The van der Waals surface area contributed by atoms with Gasteiger partial charge in [0.1, 0.15) is 11.2 Å². The molecule has 0 saturated carbocycles. The Kier molecular flexibility index (Phi) is 7.65. The van der Waals surface area contributed by atoms with Crippen molar-refractivity contribution in [3.05, 3.63) is 218 Å². The van der Waals surface area contributed by atoms with Crippen LogP contribution in [0.15, 0.2) is 217 Å². The number of fused-ring (bicyclic) bond motifs is 11. The first kappa shape index (κ1) is 35.8. The molecule has 0 atom stereocenters. The van der Waals surface area contributed by atoms with Crippen molar-refractivity contribution in [2.45, 2.75) is 6.54 Å². The Hall–Kier alpha value is -8.74. The zero-order valence-corrected chi connectivity index (χ0v) is 35.1. The van der Waals surface area contributed by atoms with Gasteiger partial charge >= 0.3 is 0 Å². The number of para-hydroxylation sites is 3. The monoisotopic (exact) mass is 831 g/mol. The average Bonchev–Trinajstić information content (AvgIpc) is 4.12. The van der Waals surface area contributed by atoms with Crippen molar-refractivity contribution in [2.75, 3.05) is 0 Å². The molecule has 6 heteroatoms. The third kappa shape index (κ3) is 5.47. The van der Waals surface area contributed by atoms with Crippen LogP contribution in [-0.2, 0) is 6.54 Å². The molecule has 0 aliphatic carbocycles. The van der Waals surface area contributed by atoms with Gasteiger partial charge < -0.3 is 8.98 Å². The number of rotatable bonds is 6. The van der Waals surface area contributed by atoms with E-state index in [2.05, 4.69) is 226 Å². The van der Waals surface area contributed by atoms with Crippen molar-refractivity contribution < 1.29 is 4.42 Å². The second kappa shape index (κ2) is 13.9. The van der Waals surface area contributed by atoms with E-state index >= 15 is 0 Å². The number of furan rings is 1. The maximum Gasteiger partial charge on any atom is 0.254 e. The summed E-state index contributed by atoms with van der Waals surface area (Å²) in [5.74, 6) is 1.39. The van der Waals surface area contributed by atoms with E-state index < -0.39 is 0 Å². The summed E-state index contributed by atoms with van der Waals surface area (Å²) in [6.45, 7) is 0.412. The van der Waals surface area contributed by atoms with Crippen LogP contribution < -0.4 is 0 Å². The van der Waals surface area contributed by atoms with Gasteiger partial charge in [-0.3, -0.25) is 4.57 Å². The number of aromatic nitrogens is 5. The quantitative estimate of drug-likeness (QED) is 0.168. The first-order valence-corrected chi connectivity index (χ1v) is 22.1. The summed E-state index contributed by atoms with van der Waals surface area (Å²) in [5.41, 5.74) is 11.5. The molecule has 0 N–H and O–H groups in total. The van der Waals surface area contributed by atoms with E-state index in [1.54, 1.807) is 0 Å². The lowest BCUT2D eigenvalue weighted by Crippen LogP contribution is -2.09. The molecule has 0 aliphatic rings. The van der Waals surface area contributed by atoms with Crippen molar-refractivity contribution in [1.29, 1.82) is 0 Å². The molecular weight excluding hydrogens is 795 g/mol. The molecule has 14 aromatic rings. The molecule has 0 unspecified atom stereocenters. The predicted molar refractivity (Wildman–Crippen MR) is 267 cm³/mol. The SMILES string of the molecule is c1ccc(-c2ccc(-c3nc(-n4c5ccccc5c5ccccc54)nn3Cc3c(-n4c5ccccc5c5cc6ccccc6cc54)ccc4oc5cc6ccccc6cc5c34)cc2)cc1. The standard InChI is InChI=1S/C59H37N5O/c1-2-14-37(15-3-1)38-26-28-39(29-27-38)58-60-59(64-51-24-12-8-20-44(51)45-21-9-13-25-52(45)64)61-62(58)36-49-53(30-31-55-57(49)48-33-41-17-5-7-19-43(41)35-56(48)65-55)63-50-23-11-10-22-46(50)47-32-40-16-4-6-18-42(40)34-54(47)63/h1-35H,36H2. The largest absolute Gasteiger partial charge is 0.456 e. The summed E-state index contributed by atoms with van der Waals surface area (Å²) in [7, 11) is 0. The molecule has 0 aliphatic heterocycles. The molecule has 0 bridgehead atoms. The fourth-order valence-electron chi connectivity index (χ4n) is 10.4. The summed E-state index contributed by atoms with van der Waals surface area (Å²) in [6.07, 6.45) is 0. The minimum atomic E-state index is 0.412. The van der Waals surface area contributed by atoms with Crippen LogP contribution in [0, 0.1) is 0 Å². The highest BCUT2D eigenvalue weighted by molar-refractivity contribution is 6.16. The molecule has 4 heterocycles. The summed E-state index contributed by atoms with van der Waals surface area (Å²) in [4.78, 5) is 5.50. The highest BCUT2D eigenvalue weighted by Crippen LogP contribution is 2.42. The van der Waals surface area contributed by atoms with E-state index in [0.29, 0.717) is 12.5 Å². The fraction of sp³-hybridized carbons (Fsp3) is 0.0169. The van der Waals surface area contributed by atoms with Crippen molar-refractivity contribution in [1.82, 2.24) is 23.9 Å². The third-order valence-corrected chi connectivity index (χ3v) is 13.4. The summed E-state index contributed by atoms with van der Waals surface area (Å²) in [6, 6.07) is 75.8. The molecule has 0 amide bonds. The van der Waals surface area contributed by atoms with Gasteiger partial charge in [-0.2, -0.15) is 4.98 Å². The highest BCUT2D eigenvalue weighted by atomic mass is 16.3. The van der Waals surface area contributed by atoms with Crippen molar-refractivity contribution in [3.63, 3.8) is 0 Å². The summed E-state index contributed by atoms with van der Waals surface area (Å²) >= 11 is 0. The smallest absolute Gasteiger partial charge is 0.254 e. The van der Waals surface area contributed by atoms with Gasteiger partial charge in [-0.15, -0.1) is 5.10 Å². The Morgan fingerprint density at radius 3 is 1.58 bits per heavy atom. The van der Waals surface area contributed by atoms with Crippen molar-refractivity contribution in [3.8, 4) is 34.2 Å². The highest BCUT2D eigenvalue weighted by Gasteiger charge is 2.25. The molecule has 0 spiro atoms. The molecule has 14 rings (SSSR count). The lowest BCUT2D eigenvalue weighted by atomic mass is 10.0. The maximum absolute atomic E-state index is 6.82. The second-order valence-corrected chi connectivity index (χ2v) is 17.0. The van der Waals surface area contributed by atoms with E-state index in [4.69, 9.17) is 14.5 Å². The van der Waals surface area contributed by atoms with Crippen LogP contribution in [0.2, 0.25) is 0 Å². The van der Waals surface area contributed by atoms with Crippen LogP contribution in [-0.4, -0.2) is 23.9 Å². The summed E-state index contributed by atoms with van der Waals surface area (Å²) < 4.78 is 13.6. The van der Waals surface area contributed by atoms with Crippen LogP contribution in [0.25, 0.3) is 121 Å². The Balaban J connectivity index is 1.07. The molecule has 4 aromatic heterocycles. The van der Waals surface area contributed by atoms with Gasteiger partial charge in [0.15, 0.2) is 5.82 Å². The third-order valence-electron chi connectivity index (χ3n) is 13.4. The zero-order valence-electron chi connectivity index (χ0n) is 35.1. The number of nitrogens with zero attached hydrogens (tertiary/aromatic N) is 5. The molecule has 10 aromatic carbocycles. The Morgan fingerprint density at radius 1 is 0.385 bits per heavy atom. The number of hydrogen-bond acceptors (Lipinski definition) is 3. The zero-order chi connectivity index (χ0) is 42.6. The number of benzene rings is 10. The predicted octanol–water partition coefficient (Wildman–Crippen LogP) is 15.1. The van der Waals surface area contributed by atoms with Gasteiger partial charge in [0, 0.05) is 43.4 Å². The first-order valence-electron chi connectivity index (χ1n) is 22.1. The Morgan fingerprint density at radius 2 is 0.908 bits per heavy atom. The van der Waals surface area contributed by atoms with E-state index in [1.807, 2.05) is 0 Å². The topological polar surface area (TPSA) is 53.7 Å². The normalized spacial score (nSPS) is 12.1. The lowest BCUT2D eigenvalue weighted by Gasteiger charge is -2.16. The molecule has 65 heavy (non-hydrogen) atoms. The minimum absolute atomic E-state index is 0.412. The van der Waals surface area contributed by atoms with Gasteiger partial charge in [0.2, 0.25) is 0 Å². The Labute approximate surface area is 372 Å². The first-order chi connectivity index (χ1) is 32.2. The van der Waals surface area contributed by atoms with Gasteiger partial charge in [-0.05, 0) is 87.3 Å². The Bertz CT molecular complexity index is 4150. The molecule has 0 saturated heterocycles. The average molecular weight is 832 g/mol. The van der Waals surface area contributed by atoms with E-state index in [1.165, 1.54) is 27.1 Å². The molecular formula is C59H37N5O. The van der Waals surface area contributed by atoms with Crippen LogP contribution in [0.5, 0.6) is 0 Å². The molecule has 6 nitrogen and oxygen atoms in total. The van der Waals surface area contributed by atoms with E-state index in [-0.39, 0.29) is 0 Å². The van der Waals surface area contributed by atoms with E-state index in [0.717, 1.165) is 93.8 Å². The van der Waals surface area contributed by atoms with Gasteiger partial charge in [0.25, 0.3) is 5.95 Å². The van der Waals surface area contributed by atoms with Gasteiger partial charge in [-0.1, -0.05) is 158 Å². The van der Waals surface area contributed by atoms with Crippen LogP contribution in [0.3, 0.4) is 0 Å². The maximum atomic E-state index is 6.82. The van der Waals surface area contributed by atoms with Gasteiger partial charge in [-0.25, -0.2) is 4.68 Å². The molecule has 0 fully saturated rings. The lowest BCUT2D eigenvalue weighted by molar-refractivity contribution is 0.666. The summed E-state index contributed by atoms with van der Waals surface area (Å²) in [5, 5.41) is 17.1.